The van der Waals surface area contributed by atoms with Crippen LogP contribution in [0.15, 0.2) is 61.2 Å². The van der Waals surface area contributed by atoms with E-state index in [0.29, 0.717) is 34.3 Å². The molecule has 3 rings (SSSR count). The van der Waals surface area contributed by atoms with Crippen molar-refractivity contribution < 1.29 is 9.53 Å². The summed E-state index contributed by atoms with van der Waals surface area (Å²) < 4.78 is 5.31. The van der Waals surface area contributed by atoms with Gasteiger partial charge in [0.25, 0.3) is 5.91 Å². The van der Waals surface area contributed by atoms with Gasteiger partial charge in [-0.05, 0) is 42.0 Å². The van der Waals surface area contributed by atoms with Gasteiger partial charge in [0, 0.05) is 30.2 Å². The van der Waals surface area contributed by atoms with Crippen LogP contribution in [0.1, 0.15) is 15.9 Å². The Morgan fingerprint density at radius 3 is 2.69 bits per heavy atom. The number of hydrogen-bond donors (Lipinski definition) is 2. The van der Waals surface area contributed by atoms with Crippen molar-refractivity contribution in [2.24, 2.45) is 0 Å². The quantitative estimate of drug-likeness (QED) is 0.691. The number of aromatic nitrogens is 2. The summed E-state index contributed by atoms with van der Waals surface area (Å²) in [6, 6.07) is 10.7. The van der Waals surface area contributed by atoms with Gasteiger partial charge in [0.05, 0.1) is 30.2 Å². The van der Waals surface area contributed by atoms with E-state index >= 15 is 0 Å². The van der Waals surface area contributed by atoms with E-state index in [4.69, 9.17) is 16.3 Å². The molecule has 1 aromatic carbocycles. The lowest BCUT2D eigenvalue weighted by atomic mass is 10.2. The Morgan fingerprint density at radius 1 is 1.12 bits per heavy atom. The number of rotatable bonds is 6. The molecule has 0 aliphatic carbocycles. The molecule has 0 aliphatic heterocycles. The molecule has 0 spiro atoms. The summed E-state index contributed by atoms with van der Waals surface area (Å²) in [7, 11) is 1.58. The van der Waals surface area contributed by atoms with Crippen molar-refractivity contribution in [3.8, 4) is 5.75 Å². The van der Waals surface area contributed by atoms with Gasteiger partial charge in [-0.25, -0.2) is 0 Å². The van der Waals surface area contributed by atoms with Gasteiger partial charge in [-0.2, -0.15) is 0 Å². The summed E-state index contributed by atoms with van der Waals surface area (Å²) in [5.41, 5.74) is 2.77. The molecule has 0 atom stereocenters. The van der Waals surface area contributed by atoms with Gasteiger partial charge in [-0.3, -0.25) is 14.8 Å². The first kappa shape index (κ1) is 17.7. The van der Waals surface area contributed by atoms with E-state index in [-0.39, 0.29) is 5.91 Å². The van der Waals surface area contributed by atoms with Gasteiger partial charge in [0.1, 0.15) is 5.75 Å². The third-order valence-corrected chi connectivity index (χ3v) is 3.88. The maximum atomic E-state index is 12.4. The van der Waals surface area contributed by atoms with E-state index < -0.39 is 0 Å². The highest BCUT2D eigenvalue weighted by molar-refractivity contribution is 6.31. The Kier molecular flexibility index (Phi) is 5.66. The Bertz CT molecular complexity index is 903. The van der Waals surface area contributed by atoms with Crippen LogP contribution in [0.25, 0.3) is 0 Å². The lowest BCUT2D eigenvalue weighted by Crippen LogP contribution is -2.23. The zero-order valence-electron chi connectivity index (χ0n) is 14.1. The fourth-order valence-corrected chi connectivity index (χ4v) is 2.52. The summed E-state index contributed by atoms with van der Waals surface area (Å²) in [5, 5.41) is 6.61. The molecule has 0 saturated heterocycles. The molecule has 0 aliphatic rings. The molecule has 0 bridgehead atoms. The largest absolute Gasteiger partial charge is 0.495 e. The lowest BCUT2D eigenvalue weighted by molar-refractivity contribution is 0.0950. The molecule has 1 amide bonds. The van der Waals surface area contributed by atoms with Crippen LogP contribution < -0.4 is 15.4 Å². The molecule has 0 saturated carbocycles. The number of methoxy groups -OCH3 is 1. The van der Waals surface area contributed by atoms with Gasteiger partial charge >= 0.3 is 0 Å². The van der Waals surface area contributed by atoms with E-state index in [1.54, 1.807) is 50.0 Å². The molecule has 2 aromatic heterocycles. The topological polar surface area (TPSA) is 76.1 Å². The summed E-state index contributed by atoms with van der Waals surface area (Å²) in [5.74, 6) is 0.429. The van der Waals surface area contributed by atoms with Gasteiger partial charge in [0.15, 0.2) is 0 Å². The molecule has 0 radical (unpaired) electrons. The monoisotopic (exact) mass is 368 g/mol. The smallest absolute Gasteiger partial charge is 0.253 e. The second-order valence-corrected chi connectivity index (χ2v) is 5.91. The fourth-order valence-electron chi connectivity index (χ4n) is 2.35. The van der Waals surface area contributed by atoms with Crippen LogP contribution in [-0.4, -0.2) is 23.0 Å². The molecule has 2 heterocycles. The molecule has 0 unspecified atom stereocenters. The standard InChI is InChI=1S/C19H17ClN4O2/c1-26-18-3-2-15(20)9-17(18)24-16-8-14(11-22-12-16)19(25)23-10-13-4-6-21-7-5-13/h2-9,11-12,24H,10H2,1H3,(H,23,25). The number of anilines is 2. The second kappa shape index (κ2) is 8.31. The van der Waals surface area contributed by atoms with Gasteiger partial charge in [-0.1, -0.05) is 11.6 Å². The van der Waals surface area contributed by atoms with Crippen molar-refractivity contribution in [3.05, 3.63) is 77.3 Å². The van der Waals surface area contributed by atoms with Crippen LogP contribution >= 0.6 is 11.6 Å². The third-order valence-electron chi connectivity index (χ3n) is 3.64. The van der Waals surface area contributed by atoms with Crippen LogP contribution in [0.4, 0.5) is 11.4 Å². The summed E-state index contributed by atoms with van der Waals surface area (Å²) in [6.07, 6.45) is 6.51. The van der Waals surface area contributed by atoms with Gasteiger partial charge < -0.3 is 15.4 Å². The minimum absolute atomic E-state index is 0.212. The van der Waals surface area contributed by atoms with Gasteiger partial charge in [0.2, 0.25) is 0 Å². The highest BCUT2D eigenvalue weighted by Crippen LogP contribution is 2.30. The number of hydrogen-bond acceptors (Lipinski definition) is 5. The molecule has 6 nitrogen and oxygen atoms in total. The number of halogens is 1. The normalized spacial score (nSPS) is 10.2. The summed E-state index contributed by atoms with van der Waals surface area (Å²) in [4.78, 5) is 20.4. The number of ether oxygens (including phenoxy) is 1. The molecule has 26 heavy (non-hydrogen) atoms. The molecular weight excluding hydrogens is 352 g/mol. The van der Waals surface area contributed by atoms with E-state index in [1.165, 1.54) is 6.20 Å². The number of pyridine rings is 2. The van der Waals surface area contributed by atoms with Crippen LogP contribution in [0.5, 0.6) is 5.75 Å². The van der Waals surface area contributed by atoms with Crippen molar-refractivity contribution >= 4 is 28.9 Å². The maximum absolute atomic E-state index is 12.4. The van der Waals surface area contributed by atoms with Crippen molar-refractivity contribution in [2.75, 3.05) is 12.4 Å². The molecular formula is C19H17ClN4O2. The van der Waals surface area contributed by atoms with Crippen LogP contribution in [0.2, 0.25) is 5.02 Å². The maximum Gasteiger partial charge on any atom is 0.253 e. The van der Waals surface area contributed by atoms with E-state index in [2.05, 4.69) is 20.6 Å². The molecule has 3 aromatic rings. The number of nitrogens with one attached hydrogen (secondary N) is 2. The summed E-state index contributed by atoms with van der Waals surface area (Å²) >= 11 is 6.04. The number of amides is 1. The lowest BCUT2D eigenvalue weighted by Gasteiger charge is -2.12. The Labute approximate surface area is 156 Å². The van der Waals surface area contributed by atoms with Crippen molar-refractivity contribution in [2.45, 2.75) is 6.54 Å². The van der Waals surface area contributed by atoms with Crippen molar-refractivity contribution in [3.63, 3.8) is 0 Å². The van der Waals surface area contributed by atoms with Crippen LogP contribution in [0, 0.1) is 0 Å². The number of nitrogens with zero attached hydrogens (tertiary/aromatic N) is 2. The summed E-state index contributed by atoms with van der Waals surface area (Å²) in [6.45, 7) is 0.418. The highest BCUT2D eigenvalue weighted by atomic mass is 35.5. The number of carbonyl (C=O) groups excluding carboxylic acids is 1. The predicted molar refractivity (Wildman–Crippen MR) is 101 cm³/mol. The minimum Gasteiger partial charge on any atom is -0.495 e. The Hall–Kier alpha value is -3.12. The van der Waals surface area contributed by atoms with Crippen LogP contribution in [-0.2, 0) is 6.54 Å². The number of benzene rings is 1. The first-order valence-electron chi connectivity index (χ1n) is 7.88. The van der Waals surface area contributed by atoms with E-state index in [0.717, 1.165) is 5.56 Å². The average molecular weight is 369 g/mol. The minimum atomic E-state index is -0.212. The SMILES string of the molecule is COc1ccc(Cl)cc1Nc1cncc(C(=O)NCc2ccncc2)c1. The highest BCUT2D eigenvalue weighted by Gasteiger charge is 2.09. The van der Waals surface area contributed by atoms with Gasteiger partial charge in [-0.15, -0.1) is 0 Å². The molecule has 132 valence electrons. The van der Waals surface area contributed by atoms with E-state index in [9.17, 15) is 4.79 Å². The third kappa shape index (κ3) is 4.49. The molecule has 0 fully saturated rings. The fraction of sp³-hybridized carbons (Fsp3) is 0.105. The first-order chi connectivity index (χ1) is 12.7. The van der Waals surface area contributed by atoms with Crippen molar-refractivity contribution in [1.29, 1.82) is 0 Å². The zero-order valence-corrected chi connectivity index (χ0v) is 14.8. The predicted octanol–water partition coefficient (Wildman–Crippen LogP) is 3.81. The van der Waals surface area contributed by atoms with Crippen molar-refractivity contribution in [1.82, 2.24) is 15.3 Å². The van der Waals surface area contributed by atoms with E-state index in [1.807, 2.05) is 12.1 Å². The molecule has 2 N–H and O–H groups in total. The Balaban J connectivity index is 1.72. The first-order valence-corrected chi connectivity index (χ1v) is 8.26. The average Bonchev–Trinajstić information content (AvgIpc) is 2.67. The Morgan fingerprint density at radius 2 is 1.92 bits per heavy atom. The molecule has 7 heteroatoms. The number of carbonyl (C=O) groups is 1. The second-order valence-electron chi connectivity index (χ2n) is 5.47. The zero-order chi connectivity index (χ0) is 18.4. The van der Waals surface area contributed by atoms with Crippen LogP contribution in [0.3, 0.4) is 0 Å².